The van der Waals surface area contributed by atoms with Gasteiger partial charge in [-0.2, -0.15) is 5.10 Å². The molecule has 0 saturated heterocycles. The second-order valence-corrected chi connectivity index (χ2v) is 6.87. The summed E-state index contributed by atoms with van der Waals surface area (Å²) in [6.45, 7) is 0. The van der Waals surface area contributed by atoms with Gasteiger partial charge in [-0.25, -0.2) is 18.4 Å². The minimum absolute atomic E-state index is 0.00447. The van der Waals surface area contributed by atoms with Crippen LogP contribution in [0.1, 0.15) is 10.5 Å². The number of carboxylic acids is 1. The number of sulfonamides is 1. The number of aryl methyl sites for hydroxylation is 1. The fourth-order valence-electron chi connectivity index (χ4n) is 2.57. The first kappa shape index (κ1) is 16.8. The summed E-state index contributed by atoms with van der Waals surface area (Å²) in [4.78, 5) is 15.6. The standard InChI is InChI=1S/C16H14N4O4S/c1-20-15(16(21)22)13(14(19-20)11-6-8-18-9-7-11)10-2-4-12(5-3-10)25(17,23)24/h2-9H,1H3,(H,21,22)(H2,17,23,24). The summed E-state index contributed by atoms with van der Waals surface area (Å²) in [7, 11) is -2.29. The molecular weight excluding hydrogens is 344 g/mol. The number of aromatic nitrogens is 3. The molecule has 3 aromatic rings. The Morgan fingerprint density at radius 2 is 1.68 bits per heavy atom. The lowest BCUT2D eigenvalue weighted by atomic mass is 9.99. The van der Waals surface area contributed by atoms with E-state index in [-0.39, 0.29) is 10.6 Å². The fraction of sp³-hybridized carbons (Fsp3) is 0.0625. The molecule has 0 aliphatic heterocycles. The zero-order chi connectivity index (χ0) is 18.2. The summed E-state index contributed by atoms with van der Waals surface area (Å²) >= 11 is 0. The van der Waals surface area contributed by atoms with E-state index in [1.165, 1.54) is 36.0 Å². The van der Waals surface area contributed by atoms with E-state index in [0.29, 0.717) is 22.4 Å². The van der Waals surface area contributed by atoms with Crippen molar-refractivity contribution in [1.29, 1.82) is 0 Å². The van der Waals surface area contributed by atoms with E-state index in [1.54, 1.807) is 24.5 Å². The number of aromatic carboxylic acids is 1. The molecule has 0 atom stereocenters. The molecule has 25 heavy (non-hydrogen) atoms. The normalized spacial score (nSPS) is 11.4. The van der Waals surface area contributed by atoms with E-state index >= 15 is 0 Å². The van der Waals surface area contributed by atoms with Crippen LogP contribution in [0.4, 0.5) is 0 Å². The maximum Gasteiger partial charge on any atom is 0.354 e. The van der Waals surface area contributed by atoms with Crippen LogP contribution in [0.25, 0.3) is 22.4 Å². The third kappa shape index (κ3) is 3.14. The van der Waals surface area contributed by atoms with Gasteiger partial charge in [-0.15, -0.1) is 0 Å². The van der Waals surface area contributed by atoms with E-state index in [1.807, 2.05) is 0 Å². The molecule has 3 rings (SSSR count). The van der Waals surface area contributed by atoms with Crippen molar-refractivity contribution in [2.24, 2.45) is 12.2 Å². The van der Waals surface area contributed by atoms with Crippen LogP contribution in [-0.4, -0.2) is 34.3 Å². The number of nitrogens with zero attached hydrogens (tertiary/aromatic N) is 3. The van der Waals surface area contributed by atoms with Gasteiger partial charge in [0.15, 0.2) is 5.69 Å². The first-order chi connectivity index (χ1) is 11.8. The van der Waals surface area contributed by atoms with E-state index in [2.05, 4.69) is 10.1 Å². The molecule has 0 bridgehead atoms. The van der Waals surface area contributed by atoms with E-state index in [9.17, 15) is 18.3 Å². The summed E-state index contributed by atoms with van der Waals surface area (Å²) in [5.41, 5.74) is 2.07. The van der Waals surface area contributed by atoms with Crippen LogP contribution in [-0.2, 0) is 17.1 Å². The van der Waals surface area contributed by atoms with Gasteiger partial charge in [0.2, 0.25) is 10.0 Å². The molecule has 2 aromatic heterocycles. The number of hydrogen-bond acceptors (Lipinski definition) is 5. The predicted molar refractivity (Wildman–Crippen MR) is 90.2 cm³/mol. The Morgan fingerprint density at radius 1 is 1.08 bits per heavy atom. The van der Waals surface area contributed by atoms with Crippen molar-refractivity contribution in [3.63, 3.8) is 0 Å². The van der Waals surface area contributed by atoms with E-state index in [0.717, 1.165) is 0 Å². The van der Waals surface area contributed by atoms with Gasteiger partial charge in [-0.1, -0.05) is 12.1 Å². The van der Waals surface area contributed by atoms with Crippen LogP contribution < -0.4 is 5.14 Å². The summed E-state index contributed by atoms with van der Waals surface area (Å²) in [5.74, 6) is -1.14. The Morgan fingerprint density at radius 3 is 2.20 bits per heavy atom. The van der Waals surface area contributed by atoms with Crippen LogP contribution in [0.3, 0.4) is 0 Å². The number of nitrogens with two attached hydrogens (primary N) is 1. The summed E-state index contributed by atoms with van der Waals surface area (Å²) in [6.07, 6.45) is 3.16. The van der Waals surface area contributed by atoms with Crippen LogP contribution in [0, 0.1) is 0 Å². The highest BCUT2D eigenvalue weighted by Gasteiger charge is 2.24. The van der Waals surface area contributed by atoms with Crippen molar-refractivity contribution in [1.82, 2.24) is 14.8 Å². The number of pyridine rings is 1. The minimum Gasteiger partial charge on any atom is -0.477 e. The number of rotatable bonds is 4. The van der Waals surface area contributed by atoms with E-state index in [4.69, 9.17) is 5.14 Å². The molecule has 0 radical (unpaired) electrons. The predicted octanol–water partition coefficient (Wildman–Crippen LogP) is 1.49. The Kier molecular flexibility index (Phi) is 4.11. The monoisotopic (exact) mass is 358 g/mol. The van der Waals surface area contributed by atoms with Crippen molar-refractivity contribution < 1.29 is 18.3 Å². The molecule has 0 fully saturated rings. The quantitative estimate of drug-likeness (QED) is 0.727. The van der Waals surface area contributed by atoms with Gasteiger partial charge in [0.1, 0.15) is 5.69 Å². The van der Waals surface area contributed by atoms with Gasteiger partial charge >= 0.3 is 5.97 Å². The summed E-state index contributed by atoms with van der Waals surface area (Å²) in [5, 5.41) is 19.0. The SMILES string of the molecule is Cn1nc(-c2ccncc2)c(-c2ccc(S(N)(=O)=O)cc2)c1C(=O)O. The largest absolute Gasteiger partial charge is 0.477 e. The number of primary sulfonamides is 1. The highest BCUT2D eigenvalue weighted by molar-refractivity contribution is 7.89. The lowest BCUT2D eigenvalue weighted by molar-refractivity contribution is 0.0686. The molecule has 2 heterocycles. The minimum atomic E-state index is -3.83. The smallest absolute Gasteiger partial charge is 0.354 e. The second kappa shape index (κ2) is 6.11. The van der Waals surface area contributed by atoms with Crippen LogP contribution in [0.2, 0.25) is 0 Å². The molecule has 9 heteroatoms. The molecule has 0 spiro atoms. The number of carboxylic acid groups (broad SMARTS) is 1. The number of benzene rings is 1. The molecule has 1 aromatic carbocycles. The highest BCUT2D eigenvalue weighted by Crippen LogP contribution is 2.34. The first-order valence-corrected chi connectivity index (χ1v) is 8.67. The van der Waals surface area contributed by atoms with Crippen molar-refractivity contribution in [3.05, 3.63) is 54.5 Å². The lowest BCUT2D eigenvalue weighted by Gasteiger charge is -2.06. The maximum atomic E-state index is 11.7. The van der Waals surface area contributed by atoms with Gasteiger partial charge in [0.25, 0.3) is 0 Å². The lowest BCUT2D eigenvalue weighted by Crippen LogP contribution is -2.11. The Bertz CT molecular complexity index is 1040. The van der Waals surface area contributed by atoms with Crippen molar-refractivity contribution in [2.75, 3.05) is 0 Å². The molecule has 3 N–H and O–H groups in total. The Hall–Kier alpha value is -3.04. The van der Waals surface area contributed by atoms with Crippen LogP contribution in [0.5, 0.6) is 0 Å². The molecule has 0 amide bonds. The third-order valence-corrected chi connectivity index (χ3v) is 4.60. The zero-order valence-electron chi connectivity index (χ0n) is 13.1. The average Bonchev–Trinajstić information content (AvgIpc) is 2.92. The van der Waals surface area contributed by atoms with Crippen molar-refractivity contribution >= 4 is 16.0 Å². The van der Waals surface area contributed by atoms with Gasteiger partial charge < -0.3 is 5.11 Å². The Balaban J connectivity index is 2.25. The van der Waals surface area contributed by atoms with Gasteiger partial charge in [0, 0.05) is 30.6 Å². The summed E-state index contributed by atoms with van der Waals surface area (Å²) in [6, 6.07) is 9.12. The summed E-state index contributed by atoms with van der Waals surface area (Å²) < 4.78 is 24.1. The van der Waals surface area contributed by atoms with Gasteiger partial charge in [0.05, 0.1) is 4.90 Å². The fourth-order valence-corrected chi connectivity index (χ4v) is 3.08. The zero-order valence-corrected chi connectivity index (χ0v) is 13.9. The molecule has 0 unspecified atom stereocenters. The maximum absolute atomic E-state index is 11.7. The molecule has 0 aliphatic rings. The van der Waals surface area contributed by atoms with Crippen molar-refractivity contribution in [3.8, 4) is 22.4 Å². The molecule has 0 aliphatic carbocycles. The number of carbonyl (C=O) groups is 1. The number of hydrogen-bond donors (Lipinski definition) is 2. The molecular formula is C16H14N4O4S. The van der Waals surface area contributed by atoms with Crippen molar-refractivity contribution in [2.45, 2.75) is 4.90 Å². The first-order valence-electron chi connectivity index (χ1n) is 7.13. The van der Waals surface area contributed by atoms with Crippen LogP contribution in [0.15, 0.2) is 53.7 Å². The molecule has 8 nitrogen and oxygen atoms in total. The van der Waals surface area contributed by atoms with Gasteiger partial charge in [-0.05, 0) is 29.8 Å². The average molecular weight is 358 g/mol. The molecule has 0 saturated carbocycles. The Labute approximate surface area is 143 Å². The highest BCUT2D eigenvalue weighted by atomic mass is 32.2. The topological polar surface area (TPSA) is 128 Å². The second-order valence-electron chi connectivity index (χ2n) is 5.31. The van der Waals surface area contributed by atoms with Crippen LogP contribution >= 0.6 is 0 Å². The third-order valence-electron chi connectivity index (χ3n) is 3.68. The van der Waals surface area contributed by atoms with E-state index < -0.39 is 16.0 Å². The molecule has 128 valence electrons. The van der Waals surface area contributed by atoms with Gasteiger partial charge in [-0.3, -0.25) is 9.67 Å².